The Kier molecular flexibility index (Phi) is 7.38. The van der Waals surface area contributed by atoms with Gasteiger partial charge in [0.2, 0.25) is 0 Å². The minimum absolute atomic E-state index is 0.225. The zero-order valence-electron chi connectivity index (χ0n) is 11.5. The average molecular weight is 302 g/mol. The van der Waals surface area contributed by atoms with Crippen LogP contribution in [0.2, 0.25) is 0 Å². The number of alkyl halides is 5. The molecule has 0 rings (SSSR count). The van der Waals surface area contributed by atoms with Crippen molar-refractivity contribution in [2.24, 2.45) is 0 Å². The second-order valence-electron chi connectivity index (χ2n) is 4.44. The summed E-state index contributed by atoms with van der Waals surface area (Å²) in [4.78, 5) is 0. The maximum atomic E-state index is 12.5. The van der Waals surface area contributed by atoms with Gasteiger partial charge in [-0.15, -0.1) is 0 Å². The molecule has 0 saturated heterocycles. The Morgan fingerprint density at radius 2 is 1.75 bits per heavy atom. The van der Waals surface area contributed by atoms with Crippen LogP contribution in [0.1, 0.15) is 33.1 Å². The minimum Gasteiger partial charge on any atom is -0.375 e. The number of rotatable bonds is 9. The molecule has 0 aromatic carbocycles. The third-order valence-electron chi connectivity index (χ3n) is 2.92. The number of nitrogens with one attached hydrogen (secondary N) is 1. The molecule has 0 amide bonds. The molecule has 1 N–H and O–H groups in total. The van der Waals surface area contributed by atoms with Gasteiger partial charge in [0.1, 0.15) is 12.1 Å². The monoisotopic (exact) mass is 302 g/mol. The highest BCUT2D eigenvalue weighted by atomic mass is 19.4. The Hall–Kier alpha value is -0.940. The summed E-state index contributed by atoms with van der Waals surface area (Å²) in [6, 6.07) is 2.10. The van der Waals surface area contributed by atoms with Gasteiger partial charge in [0.05, 0.1) is 6.07 Å². The van der Waals surface area contributed by atoms with Gasteiger partial charge < -0.3 is 4.74 Å². The largest absolute Gasteiger partial charge is 0.455 e. The Morgan fingerprint density at radius 3 is 2.15 bits per heavy atom. The first-order chi connectivity index (χ1) is 9.14. The van der Waals surface area contributed by atoms with Gasteiger partial charge in [-0.2, -0.15) is 27.2 Å². The van der Waals surface area contributed by atoms with Crippen LogP contribution in [0, 0.1) is 11.3 Å². The van der Waals surface area contributed by atoms with E-state index < -0.39 is 24.2 Å². The molecule has 3 nitrogen and oxygen atoms in total. The Bertz CT molecular complexity index is 327. The summed E-state index contributed by atoms with van der Waals surface area (Å²) in [6.45, 7) is 2.24. The first kappa shape index (κ1) is 19.1. The summed E-state index contributed by atoms with van der Waals surface area (Å²) in [5.41, 5.74) is -0.787. The number of ether oxygens (including phenoxy) is 1. The SMILES string of the molecule is CCNC(C#N)(CC)CCCOCC(F)(F)C(F)(F)F. The number of halogens is 5. The quantitative estimate of drug-likeness (QED) is 0.525. The molecular weight excluding hydrogens is 283 g/mol. The van der Waals surface area contributed by atoms with Crippen molar-refractivity contribution in [3.63, 3.8) is 0 Å². The summed E-state index contributed by atoms with van der Waals surface area (Å²) in [5.74, 6) is -4.84. The fourth-order valence-corrected chi connectivity index (χ4v) is 1.66. The molecule has 0 saturated carbocycles. The van der Waals surface area contributed by atoms with Crippen molar-refractivity contribution in [3.05, 3.63) is 0 Å². The fourth-order valence-electron chi connectivity index (χ4n) is 1.66. The first-order valence-electron chi connectivity index (χ1n) is 6.32. The van der Waals surface area contributed by atoms with Gasteiger partial charge in [-0.25, -0.2) is 0 Å². The molecule has 8 heteroatoms. The molecule has 0 aromatic rings. The van der Waals surface area contributed by atoms with Gasteiger partial charge in [0, 0.05) is 6.61 Å². The molecule has 0 aliphatic rings. The maximum Gasteiger partial charge on any atom is 0.455 e. The molecule has 1 unspecified atom stereocenters. The molecule has 1 atom stereocenters. The van der Waals surface area contributed by atoms with Gasteiger partial charge in [-0.05, 0) is 25.8 Å². The summed E-state index contributed by atoms with van der Waals surface area (Å²) < 4.78 is 65.0. The third-order valence-corrected chi connectivity index (χ3v) is 2.92. The van der Waals surface area contributed by atoms with Crippen LogP contribution in [0.15, 0.2) is 0 Å². The number of nitrogens with zero attached hydrogens (tertiary/aromatic N) is 1. The average Bonchev–Trinajstić information content (AvgIpc) is 2.35. The lowest BCUT2D eigenvalue weighted by molar-refractivity contribution is -0.296. The maximum absolute atomic E-state index is 12.5. The lowest BCUT2D eigenvalue weighted by atomic mass is 9.92. The predicted molar refractivity (Wildman–Crippen MR) is 63.4 cm³/mol. The fraction of sp³-hybridized carbons (Fsp3) is 0.917. The minimum atomic E-state index is -5.60. The molecule has 0 heterocycles. The van der Waals surface area contributed by atoms with Crippen LogP contribution in [0.5, 0.6) is 0 Å². The van der Waals surface area contributed by atoms with Crippen LogP contribution in [0.3, 0.4) is 0 Å². The van der Waals surface area contributed by atoms with E-state index in [2.05, 4.69) is 16.1 Å². The third kappa shape index (κ3) is 5.59. The van der Waals surface area contributed by atoms with Gasteiger partial charge >= 0.3 is 12.1 Å². The molecule has 0 fully saturated rings. The molecular formula is C12H19F5N2O. The van der Waals surface area contributed by atoms with Crippen molar-refractivity contribution >= 4 is 0 Å². The van der Waals surface area contributed by atoms with E-state index in [1.807, 2.05) is 6.92 Å². The van der Waals surface area contributed by atoms with Crippen LogP contribution in [0.4, 0.5) is 22.0 Å². The van der Waals surface area contributed by atoms with Gasteiger partial charge in [-0.1, -0.05) is 13.8 Å². The van der Waals surface area contributed by atoms with Crippen molar-refractivity contribution in [1.82, 2.24) is 5.32 Å². The number of nitriles is 1. The summed E-state index contributed by atoms with van der Waals surface area (Å²) in [7, 11) is 0. The standard InChI is InChI=1S/C12H19F5N2O/c1-3-10(8-18,19-4-2)6-5-7-20-9-11(13,14)12(15,16)17/h19H,3-7,9H2,1-2H3. The van der Waals surface area contributed by atoms with E-state index >= 15 is 0 Å². The smallest absolute Gasteiger partial charge is 0.375 e. The van der Waals surface area contributed by atoms with Crippen molar-refractivity contribution < 1.29 is 26.7 Å². The number of hydrogen-bond donors (Lipinski definition) is 1. The van der Waals surface area contributed by atoms with Crippen molar-refractivity contribution in [2.45, 2.75) is 50.7 Å². The molecule has 118 valence electrons. The highest BCUT2D eigenvalue weighted by molar-refractivity contribution is 5.05. The second kappa shape index (κ2) is 7.74. The zero-order valence-corrected chi connectivity index (χ0v) is 11.5. The highest BCUT2D eigenvalue weighted by Gasteiger charge is 2.57. The van der Waals surface area contributed by atoms with Gasteiger partial charge in [0.25, 0.3) is 0 Å². The normalized spacial score (nSPS) is 15.7. The van der Waals surface area contributed by atoms with E-state index in [0.717, 1.165) is 0 Å². The van der Waals surface area contributed by atoms with Gasteiger partial charge in [-0.3, -0.25) is 5.32 Å². The predicted octanol–water partition coefficient (Wildman–Crippen LogP) is 3.26. The van der Waals surface area contributed by atoms with E-state index in [-0.39, 0.29) is 13.0 Å². The highest BCUT2D eigenvalue weighted by Crippen LogP contribution is 2.35. The van der Waals surface area contributed by atoms with E-state index in [1.54, 1.807) is 6.92 Å². The molecule has 0 radical (unpaired) electrons. The molecule has 20 heavy (non-hydrogen) atoms. The van der Waals surface area contributed by atoms with Crippen LogP contribution in [-0.2, 0) is 4.74 Å². The van der Waals surface area contributed by atoms with Crippen molar-refractivity contribution in [1.29, 1.82) is 5.26 Å². The van der Waals surface area contributed by atoms with E-state index in [0.29, 0.717) is 19.4 Å². The van der Waals surface area contributed by atoms with E-state index in [1.165, 1.54) is 0 Å². The second-order valence-corrected chi connectivity index (χ2v) is 4.44. The number of hydrogen-bond acceptors (Lipinski definition) is 3. The van der Waals surface area contributed by atoms with Crippen LogP contribution < -0.4 is 5.32 Å². The van der Waals surface area contributed by atoms with Crippen LogP contribution in [-0.4, -0.2) is 37.4 Å². The van der Waals surface area contributed by atoms with Crippen LogP contribution in [0.25, 0.3) is 0 Å². The topological polar surface area (TPSA) is 45.0 Å². The Morgan fingerprint density at radius 1 is 1.15 bits per heavy atom. The summed E-state index contributed by atoms with van der Waals surface area (Å²) in [6.07, 6.45) is -4.54. The zero-order chi connectivity index (χ0) is 15.9. The molecule has 0 aliphatic heterocycles. The molecule has 0 bridgehead atoms. The Balaban J connectivity index is 4.12. The van der Waals surface area contributed by atoms with Crippen LogP contribution >= 0.6 is 0 Å². The lowest BCUT2D eigenvalue weighted by Gasteiger charge is -2.26. The molecule has 0 aromatic heterocycles. The lowest BCUT2D eigenvalue weighted by Crippen LogP contribution is -2.43. The van der Waals surface area contributed by atoms with Crippen molar-refractivity contribution in [2.75, 3.05) is 19.8 Å². The summed E-state index contributed by atoms with van der Waals surface area (Å²) >= 11 is 0. The van der Waals surface area contributed by atoms with E-state index in [9.17, 15) is 22.0 Å². The van der Waals surface area contributed by atoms with E-state index in [4.69, 9.17) is 5.26 Å². The van der Waals surface area contributed by atoms with Gasteiger partial charge in [0.15, 0.2) is 0 Å². The first-order valence-corrected chi connectivity index (χ1v) is 6.32. The molecule has 0 aliphatic carbocycles. The van der Waals surface area contributed by atoms with Crippen molar-refractivity contribution in [3.8, 4) is 6.07 Å². The Labute approximate surface area is 115 Å². The summed E-state index contributed by atoms with van der Waals surface area (Å²) in [5, 5.41) is 12.1. The molecule has 0 spiro atoms.